The van der Waals surface area contributed by atoms with Crippen LogP contribution in [0.2, 0.25) is 0 Å². The van der Waals surface area contributed by atoms with E-state index in [4.69, 9.17) is 15.1 Å². The second-order valence-corrected chi connectivity index (χ2v) is 10.8. The summed E-state index contributed by atoms with van der Waals surface area (Å²) in [6.07, 6.45) is 8.77. The minimum atomic E-state index is -0.788. The Hall–Kier alpha value is -4.59. The zero-order valence-corrected chi connectivity index (χ0v) is 22.3. The molecule has 3 aliphatic rings. The number of hydrogen-bond acceptors (Lipinski definition) is 7. The third kappa shape index (κ3) is 4.93. The lowest BCUT2D eigenvalue weighted by Gasteiger charge is -2.36. The van der Waals surface area contributed by atoms with Crippen molar-refractivity contribution in [1.82, 2.24) is 30.6 Å². The van der Waals surface area contributed by atoms with Crippen LogP contribution in [0.3, 0.4) is 0 Å². The summed E-state index contributed by atoms with van der Waals surface area (Å²) in [6.45, 7) is 0.923. The van der Waals surface area contributed by atoms with Crippen LogP contribution in [-0.4, -0.2) is 58.6 Å². The van der Waals surface area contributed by atoms with E-state index < -0.39 is 17.4 Å². The van der Waals surface area contributed by atoms with E-state index in [1.165, 1.54) is 0 Å². The number of nitriles is 1. The van der Waals surface area contributed by atoms with Gasteiger partial charge in [-0.1, -0.05) is 18.2 Å². The molecule has 2 saturated carbocycles. The Morgan fingerprint density at radius 2 is 1.90 bits per heavy atom. The summed E-state index contributed by atoms with van der Waals surface area (Å²) in [5.74, 6) is -1.12. The first-order valence-electron chi connectivity index (χ1n) is 13.6. The predicted molar refractivity (Wildman–Crippen MR) is 145 cm³/mol. The molecular formula is C29H31N7O4. The second-order valence-electron chi connectivity index (χ2n) is 10.8. The molecule has 3 fully saturated rings. The average Bonchev–Trinajstić information content (AvgIpc) is 3.89. The Morgan fingerprint density at radius 1 is 1.12 bits per heavy atom. The van der Waals surface area contributed by atoms with Crippen molar-refractivity contribution in [2.45, 2.75) is 56.3 Å². The standard InChI is InChI=1S/C29H31N7O4/c1-40-24-13-20(12-19-16-36(21-6-7-21)34-25(19)24)29(9-10-29)33-26(37)23-5-3-2-4-18(23)14-31-27(38)28(39)32-15-22-8-11-35(22)17-30/h2-5,12-13,16,21-22H,6-11,14-15H2,1H3,(H,31,38)(H,32,39)(H,33,37)/t22-/m0/s1. The Labute approximate surface area is 231 Å². The Balaban J connectivity index is 1.12. The van der Waals surface area contributed by atoms with Crippen LogP contribution in [0.15, 0.2) is 42.6 Å². The van der Waals surface area contributed by atoms with E-state index in [9.17, 15) is 14.4 Å². The molecule has 2 aromatic carbocycles. The molecule has 0 bridgehead atoms. The molecule has 3 N–H and O–H groups in total. The Kier molecular flexibility index (Phi) is 6.54. The lowest BCUT2D eigenvalue weighted by Crippen LogP contribution is -2.52. The van der Waals surface area contributed by atoms with Crippen LogP contribution < -0.4 is 20.7 Å². The minimum absolute atomic E-state index is 0.0245. The number of likely N-dealkylation sites (tertiary alicyclic amines) is 1. The van der Waals surface area contributed by atoms with E-state index in [1.54, 1.807) is 36.3 Å². The number of benzene rings is 2. The van der Waals surface area contributed by atoms with Gasteiger partial charge in [-0.15, -0.1) is 0 Å². The van der Waals surface area contributed by atoms with E-state index in [0.717, 1.165) is 48.6 Å². The van der Waals surface area contributed by atoms with Crippen LogP contribution in [-0.2, 0) is 21.7 Å². The number of rotatable bonds is 9. The number of carbonyl (C=O) groups is 3. The van der Waals surface area contributed by atoms with Crippen LogP contribution in [0.5, 0.6) is 5.75 Å². The number of nitrogens with zero attached hydrogens (tertiary/aromatic N) is 4. The summed E-state index contributed by atoms with van der Waals surface area (Å²) in [4.78, 5) is 39.7. The Bertz CT molecular complexity index is 1530. The van der Waals surface area contributed by atoms with Gasteiger partial charge in [0.05, 0.1) is 24.7 Å². The SMILES string of the molecule is COc1cc(C2(NC(=O)c3ccccc3CNC(=O)C(=O)NC[C@@H]3CCN3C#N)CC2)cc2cn(C3CC3)nc12. The van der Waals surface area contributed by atoms with Crippen LogP contribution in [0.25, 0.3) is 10.9 Å². The third-order valence-electron chi connectivity index (χ3n) is 8.07. The molecule has 0 spiro atoms. The number of hydrogen-bond donors (Lipinski definition) is 3. The van der Waals surface area contributed by atoms with Crippen molar-refractivity contribution in [1.29, 1.82) is 5.26 Å². The van der Waals surface area contributed by atoms with Gasteiger partial charge in [-0.25, -0.2) is 0 Å². The molecule has 3 amide bonds. The number of methoxy groups -OCH3 is 1. The molecule has 1 saturated heterocycles. The summed E-state index contributed by atoms with van der Waals surface area (Å²) in [5, 5.41) is 23.1. The maximum Gasteiger partial charge on any atom is 0.309 e. The van der Waals surface area contributed by atoms with Crippen LogP contribution in [0, 0.1) is 11.5 Å². The molecule has 0 radical (unpaired) electrons. The van der Waals surface area contributed by atoms with Crippen LogP contribution in [0.1, 0.15) is 59.6 Å². The monoisotopic (exact) mass is 541 g/mol. The zero-order chi connectivity index (χ0) is 27.9. The number of nitrogens with one attached hydrogen (secondary N) is 3. The van der Waals surface area contributed by atoms with Gasteiger partial charge in [0.1, 0.15) is 11.3 Å². The summed E-state index contributed by atoms with van der Waals surface area (Å²) in [7, 11) is 1.63. The molecular weight excluding hydrogens is 510 g/mol. The molecule has 2 aliphatic carbocycles. The molecule has 1 aliphatic heterocycles. The van der Waals surface area contributed by atoms with E-state index in [2.05, 4.69) is 34.4 Å². The molecule has 3 aromatic rings. The van der Waals surface area contributed by atoms with Crippen molar-refractivity contribution in [3.63, 3.8) is 0 Å². The second kappa shape index (κ2) is 10.2. The van der Waals surface area contributed by atoms with E-state index in [0.29, 0.717) is 29.5 Å². The number of aromatic nitrogens is 2. The summed E-state index contributed by atoms with van der Waals surface area (Å²) < 4.78 is 7.67. The van der Waals surface area contributed by atoms with Gasteiger partial charge in [-0.3, -0.25) is 19.1 Å². The highest BCUT2D eigenvalue weighted by molar-refractivity contribution is 6.35. The maximum absolute atomic E-state index is 13.5. The highest BCUT2D eigenvalue weighted by Crippen LogP contribution is 2.48. The van der Waals surface area contributed by atoms with E-state index in [-0.39, 0.29) is 25.0 Å². The fourth-order valence-electron chi connectivity index (χ4n) is 5.20. The first-order valence-corrected chi connectivity index (χ1v) is 13.6. The van der Waals surface area contributed by atoms with Crippen molar-refractivity contribution in [3.05, 3.63) is 59.3 Å². The van der Waals surface area contributed by atoms with Crippen molar-refractivity contribution >= 4 is 28.6 Å². The van der Waals surface area contributed by atoms with Crippen molar-refractivity contribution in [3.8, 4) is 11.9 Å². The molecule has 1 atom stereocenters. The van der Waals surface area contributed by atoms with Crippen LogP contribution in [0.4, 0.5) is 0 Å². The first kappa shape index (κ1) is 25.7. The van der Waals surface area contributed by atoms with Gasteiger partial charge in [-0.05, 0) is 61.4 Å². The topological polar surface area (TPSA) is 141 Å². The van der Waals surface area contributed by atoms with Crippen LogP contribution >= 0.6 is 0 Å². The molecule has 206 valence electrons. The number of amides is 3. The fraction of sp³-hybridized carbons (Fsp3) is 0.414. The average molecular weight is 542 g/mol. The van der Waals surface area contributed by atoms with Crippen molar-refractivity contribution in [2.75, 3.05) is 20.2 Å². The summed E-state index contributed by atoms with van der Waals surface area (Å²) >= 11 is 0. The predicted octanol–water partition coefficient (Wildman–Crippen LogP) is 2.09. The largest absolute Gasteiger partial charge is 0.494 e. The van der Waals surface area contributed by atoms with Gasteiger partial charge in [-0.2, -0.15) is 10.4 Å². The molecule has 2 heterocycles. The number of ether oxygens (including phenoxy) is 1. The highest BCUT2D eigenvalue weighted by atomic mass is 16.5. The zero-order valence-electron chi connectivity index (χ0n) is 22.3. The molecule has 11 nitrogen and oxygen atoms in total. The van der Waals surface area contributed by atoms with E-state index in [1.807, 2.05) is 10.7 Å². The molecule has 0 unspecified atom stereocenters. The van der Waals surface area contributed by atoms with Gasteiger partial charge in [0, 0.05) is 36.8 Å². The molecule has 40 heavy (non-hydrogen) atoms. The van der Waals surface area contributed by atoms with Crippen molar-refractivity contribution in [2.24, 2.45) is 0 Å². The summed E-state index contributed by atoms with van der Waals surface area (Å²) in [6, 6.07) is 11.5. The quantitative estimate of drug-likeness (QED) is 0.278. The minimum Gasteiger partial charge on any atom is -0.494 e. The molecule has 1 aromatic heterocycles. The smallest absolute Gasteiger partial charge is 0.309 e. The van der Waals surface area contributed by atoms with Gasteiger partial charge >= 0.3 is 11.8 Å². The van der Waals surface area contributed by atoms with Gasteiger partial charge in [0.2, 0.25) is 0 Å². The number of fused-ring (bicyclic) bond motifs is 1. The molecule has 6 rings (SSSR count). The summed E-state index contributed by atoms with van der Waals surface area (Å²) in [5.41, 5.74) is 2.33. The first-order chi connectivity index (χ1) is 19.4. The lowest BCUT2D eigenvalue weighted by atomic mass is 10.0. The third-order valence-corrected chi connectivity index (χ3v) is 8.07. The van der Waals surface area contributed by atoms with Gasteiger partial charge in [0.25, 0.3) is 5.91 Å². The van der Waals surface area contributed by atoms with Crippen molar-refractivity contribution < 1.29 is 19.1 Å². The molecule has 11 heteroatoms. The Morgan fingerprint density at radius 3 is 2.58 bits per heavy atom. The fourth-order valence-corrected chi connectivity index (χ4v) is 5.20. The number of carbonyl (C=O) groups excluding carboxylic acids is 3. The highest BCUT2D eigenvalue weighted by Gasteiger charge is 2.46. The van der Waals surface area contributed by atoms with Gasteiger partial charge in [0.15, 0.2) is 6.19 Å². The lowest BCUT2D eigenvalue weighted by molar-refractivity contribution is -0.139. The van der Waals surface area contributed by atoms with Gasteiger partial charge < -0.3 is 25.6 Å². The van der Waals surface area contributed by atoms with E-state index >= 15 is 0 Å². The maximum atomic E-state index is 13.5. The normalized spacial score (nSPS) is 18.8.